The van der Waals surface area contributed by atoms with Crippen molar-refractivity contribution in [2.24, 2.45) is 11.7 Å². The predicted octanol–water partition coefficient (Wildman–Crippen LogP) is 1.06. The van der Waals surface area contributed by atoms with Crippen molar-refractivity contribution >= 4 is 11.9 Å². The number of halogens is 1. The molecule has 1 aromatic rings. The largest absolute Gasteiger partial charge is 0.478 e. The first kappa shape index (κ1) is 18.1. The average Bonchev–Trinajstić information content (AvgIpc) is 2.33. The van der Waals surface area contributed by atoms with Crippen molar-refractivity contribution in [1.82, 2.24) is 0 Å². The number of nitrogens with two attached hydrogens (primary N) is 1. The number of carbonyl (C=O) groups is 2. The van der Waals surface area contributed by atoms with E-state index in [1.165, 1.54) is 18.2 Å². The number of aliphatic carboxylic acids is 1. The Hall–Kier alpha value is -1.99. The van der Waals surface area contributed by atoms with Gasteiger partial charge < -0.3 is 14.9 Å². The third-order valence-corrected chi connectivity index (χ3v) is 2.89. The van der Waals surface area contributed by atoms with Gasteiger partial charge in [0.1, 0.15) is 17.3 Å². The minimum absolute atomic E-state index is 0.272. The summed E-state index contributed by atoms with van der Waals surface area (Å²) >= 11 is 0. The van der Waals surface area contributed by atoms with Crippen LogP contribution < -0.4 is 5.73 Å². The maximum Gasteiger partial charge on any atom is 0.351 e. The second-order valence-electron chi connectivity index (χ2n) is 6.05. The van der Waals surface area contributed by atoms with Crippen molar-refractivity contribution in [1.29, 1.82) is 0 Å². The Morgan fingerprint density at radius 2 is 1.95 bits per heavy atom. The van der Waals surface area contributed by atoms with E-state index in [1.54, 1.807) is 20.8 Å². The summed E-state index contributed by atoms with van der Waals surface area (Å²) in [6.45, 7) is 4.79. The second kappa shape index (κ2) is 6.41. The molecular formula is C15H20FNO5. The molecule has 0 aliphatic carbocycles. The Bertz CT molecular complexity index is 565. The SMILES string of the molecule is CC(C)(C)OC(=O)C(Cc1cccc(F)c1)C(N)(O)C(=O)O. The second-order valence-corrected chi connectivity index (χ2v) is 6.05. The summed E-state index contributed by atoms with van der Waals surface area (Å²) < 4.78 is 18.3. The molecule has 0 saturated heterocycles. The van der Waals surface area contributed by atoms with Crippen LogP contribution in [-0.2, 0) is 20.7 Å². The van der Waals surface area contributed by atoms with E-state index < -0.39 is 35.0 Å². The fraction of sp³-hybridized carbons (Fsp3) is 0.467. The molecule has 122 valence electrons. The molecule has 0 spiro atoms. The minimum atomic E-state index is -2.82. The fourth-order valence-corrected chi connectivity index (χ4v) is 1.84. The summed E-state index contributed by atoms with van der Waals surface area (Å²) in [5.41, 5.74) is 1.98. The lowest BCUT2D eigenvalue weighted by Gasteiger charge is -2.30. The maximum atomic E-state index is 13.2. The summed E-state index contributed by atoms with van der Waals surface area (Å²) in [5, 5.41) is 19.0. The highest BCUT2D eigenvalue weighted by atomic mass is 19.1. The zero-order valence-corrected chi connectivity index (χ0v) is 12.7. The first-order valence-electron chi connectivity index (χ1n) is 6.65. The third-order valence-electron chi connectivity index (χ3n) is 2.89. The van der Waals surface area contributed by atoms with E-state index in [0.29, 0.717) is 5.56 Å². The third kappa shape index (κ3) is 4.78. The molecule has 0 saturated carbocycles. The number of rotatable bonds is 5. The van der Waals surface area contributed by atoms with Crippen molar-refractivity contribution in [2.45, 2.75) is 38.5 Å². The lowest BCUT2D eigenvalue weighted by Crippen LogP contribution is -2.58. The van der Waals surface area contributed by atoms with Crippen molar-refractivity contribution in [3.05, 3.63) is 35.6 Å². The van der Waals surface area contributed by atoms with Crippen molar-refractivity contribution in [3.8, 4) is 0 Å². The van der Waals surface area contributed by atoms with Gasteiger partial charge in [0.25, 0.3) is 0 Å². The van der Waals surface area contributed by atoms with E-state index in [9.17, 15) is 19.1 Å². The van der Waals surface area contributed by atoms with Gasteiger partial charge in [-0.05, 0) is 44.9 Å². The van der Waals surface area contributed by atoms with Crippen LogP contribution in [0.25, 0.3) is 0 Å². The Morgan fingerprint density at radius 1 is 1.36 bits per heavy atom. The summed E-state index contributed by atoms with van der Waals surface area (Å²) in [6, 6.07) is 5.25. The number of esters is 1. The average molecular weight is 313 g/mol. The Morgan fingerprint density at radius 3 is 2.41 bits per heavy atom. The van der Waals surface area contributed by atoms with Gasteiger partial charge in [0.05, 0.1) is 0 Å². The molecule has 1 rings (SSSR count). The molecule has 22 heavy (non-hydrogen) atoms. The molecule has 4 N–H and O–H groups in total. The van der Waals surface area contributed by atoms with Crippen LogP contribution in [0.2, 0.25) is 0 Å². The summed E-state index contributed by atoms with van der Waals surface area (Å²) in [7, 11) is 0. The van der Waals surface area contributed by atoms with Gasteiger partial charge >= 0.3 is 11.9 Å². The van der Waals surface area contributed by atoms with Gasteiger partial charge in [-0.2, -0.15) is 0 Å². The van der Waals surface area contributed by atoms with Crippen LogP contribution in [0.1, 0.15) is 26.3 Å². The molecule has 0 radical (unpaired) electrons. The van der Waals surface area contributed by atoms with Crippen LogP contribution >= 0.6 is 0 Å². The van der Waals surface area contributed by atoms with Crippen molar-refractivity contribution < 1.29 is 28.9 Å². The standard InChI is InChI=1S/C15H20FNO5/c1-14(2,3)22-12(18)11(15(17,21)13(19)20)8-9-5-4-6-10(16)7-9/h4-7,11,21H,8,17H2,1-3H3,(H,19,20). The molecule has 0 amide bonds. The van der Waals surface area contributed by atoms with E-state index in [0.717, 1.165) is 6.07 Å². The zero-order valence-electron chi connectivity index (χ0n) is 12.7. The Balaban J connectivity index is 3.12. The van der Waals surface area contributed by atoms with Crippen molar-refractivity contribution in [3.63, 3.8) is 0 Å². The van der Waals surface area contributed by atoms with Crippen molar-refractivity contribution in [2.75, 3.05) is 0 Å². The number of hydrogen-bond donors (Lipinski definition) is 3. The molecule has 2 unspecified atom stereocenters. The minimum Gasteiger partial charge on any atom is -0.478 e. The summed E-state index contributed by atoms with van der Waals surface area (Å²) in [4.78, 5) is 23.3. The predicted molar refractivity (Wildman–Crippen MR) is 76.2 cm³/mol. The van der Waals surface area contributed by atoms with E-state index in [1.807, 2.05) is 0 Å². The summed E-state index contributed by atoms with van der Waals surface area (Å²) in [5.74, 6) is -4.86. The number of carboxylic acid groups (broad SMARTS) is 1. The van der Waals surface area contributed by atoms with Gasteiger partial charge in [-0.1, -0.05) is 12.1 Å². The number of ether oxygens (including phenoxy) is 1. The molecule has 1 aromatic carbocycles. The smallest absolute Gasteiger partial charge is 0.351 e. The van der Waals surface area contributed by atoms with Gasteiger partial charge in [0, 0.05) is 0 Å². The van der Waals surface area contributed by atoms with Crippen LogP contribution in [-0.4, -0.2) is 33.5 Å². The lowest BCUT2D eigenvalue weighted by molar-refractivity contribution is -0.182. The van der Waals surface area contributed by atoms with Gasteiger partial charge in [0.2, 0.25) is 5.72 Å². The quantitative estimate of drug-likeness (QED) is 0.554. The van der Waals surface area contributed by atoms with Crippen LogP contribution in [0.3, 0.4) is 0 Å². The van der Waals surface area contributed by atoms with E-state index in [2.05, 4.69) is 0 Å². The normalized spacial score (nSPS) is 15.7. The number of aliphatic hydroxyl groups is 1. The monoisotopic (exact) mass is 313 g/mol. The highest BCUT2D eigenvalue weighted by molar-refractivity contribution is 5.86. The van der Waals surface area contributed by atoms with E-state index in [-0.39, 0.29) is 6.42 Å². The molecule has 7 heteroatoms. The first-order chi connectivity index (χ1) is 9.93. The van der Waals surface area contributed by atoms with E-state index in [4.69, 9.17) is 15.6 Å². The lowest BCUT2D eigenvalue weighted by atomic mass is 9.89. The maximum absolute atomic E-state index is 13.2. The topological polar surface area (TPSA) is 110 Å². The van der Waals surface area contributed by atoms with Crippen LogP contribution in [0.4, 0.5) is 4.39 Å². The molecule has 0 aliphatic heterocycles. The van der Waals surface area contributed by atoms with Gasteiger partial charge in [-0.15, -0.1) is 0 Å². The molecule has 0 aliphatic rings. The number of carboxylic acids is 1. The molecule has 0 bridgehead atoms. The van der Waals surface area contributed by atoms with Gasteiger partial charge in [-0.3, -0.25) is 10.5 Å². The number of hydrogen-bond acceptors (Lipinski definition) is 5. The van der Waals surface area contributed by atoms with Crippen LogP contribution in [0.5, 0.6) is 0 Å². The molecule has 0 heterocycles. The molecule has 6 nitrogen and oxygen atoms in total. The number of benzene rings is 1. The fourth-order valence-electron chi connectivity index (χ4n) is 1.84. The highest BCUT2D eigenvalue weighted by Gasteiger charge is 2.46. The van der Waals surface area contributed by atoms with E-state index >= 15 is 0 Å². The highest BCUT2D eigenvalue weighted by Crippen LogP contribution is 2.23. The Labute approximate surface area is 127 Å². The molecule has 2 atom stereocenters. The number of carbonyl (C=O) groups excluding carboxylic acids is 1. The molecule has 0 fully saturated rings. The van der Waals surface area contributed by atoms with Gasteiger partial charge in [0.15, 0.2) is 0 Å². The first-order valence-corrected chi connectivity index (χ1v) is 6.65. The summed E-state index contributed by atoms with van der Waals surface area (Å²) in [6.07, 6.45) is -0.272. The van der Waals surface area contributed by atoms with Crippen LogP contribution in [0.15, 0.2) is 24.3 Å². The zero-order chi connectivity index (χ0) is 17.1. The van der Waals surface area contributed by atoms with Gasteiger partial charge in [-0.25, -0.2) is 9.18 Å². The van der Waals surface area contributed by atoms with Crippen LogP contribution in [0, 0.1) is 11.7 Å². The molecule has 0 aromatic heterocycles. The molecular weight excluding hydrogens is 293 g/mol. The Kier molecular flexibility index (Phi) is 5.26.